The highest BCUT2D eigenvalue weighted by Gasteiger charge is 2.16. The number of anilines is 2. The number of benzene rings is 2. The van der Waals surface area contributed by atoms with E-state index in [1.807, 2.05) is 49.4 Å². The second-order valence-corrected chi connectivity index (χ2v) is 9.42. The van der Waals surface area contributed by atoms with E-state index in [4.69, 9.17) is 5.11 Å². The molecule has 0 bridgehead atoms. The van der Waals surface area contributed by atoms with Crippen molar-refractivity contribution in [3.8, 4) is 11.1 Å². The number of rotatable bonds is 6. The third-order valence-electron chi connectivity index (χ3n) is 5.74. The van der Waals surface area contributed by atoms with Crippen molar-refractivity contribution in [3.63, 3.8) is 0 Å². The number of aliphatic hydroxyl groups is 1. The standard InChI is InChI=1S/C27H32N4O4/c1-17-21(19-15-23(25(34)31(5)16-19)30-26(35)28-13-14-32)7-6-8-22(17)29-24(33)18-9-11-20(12-10-18)27(2,3)4/h6-12,15-16,32H,13-14H2,1-5H3,(H,29,33)(H2,28,30,35). The van der Waals surface area contributed by atoms with E-state index in [1.165, 1.54) is 4.57 Å². The maximum atomic E-state index is 12.9. The number of hydrogen-bond donors (Lipinski definition) is 4. The first-order valence-corrected chi connectivity index (χ1v) is 11.4. The van der Waals surface area contributed by atoms with Crippen molar-refractivity contribution in [1.29, 1.82) is 0 Å². The molecule has 1 heterocycles. The fourth-order valence-electron chi connectivity index (χ4n) is 3.68. The average molecular weight is 477 g/mol. The minimum absolute atomic E-state index is 0.00290. The molecule has 0 spiro atoms. The Labute approximate surface area is 205 Å². The molecule has 0 unspecified atom stereocenters. The van der Waals surface area contributed by atoms with Crippen LogP contribution in [0.4, 0.5) is 16.2 Å². The number of carbonyl (C=O) groups is 2. The zero-order valence-electron chi connectivity index (χ0n) is 20.7. The summed E-state index contributed by atoms with van der Waals surface area (Å²) in [6.45, 7) is 8.13. The van der Waals surface area contributed by atoms with Crippen molar-refractivity contribution in [2.75, 3.05) is 23.8 Å². The average Bonchev–Trinajstić information content (AvgIpc) is 2.81. The summed E-state index contributed by atoms with van der Waals surface area (Å²) in [5.41, 5.74) is 4.43. The third-order valence-corrected chi connectivity index (χ3v) is 5.74. The van der Waals surface area contributed by atoms with Gasteiger partial charge in [0.25, 0.3) is 11.5 Å². The SMILES string of the molecule is Cc1c(NC(=O)c2ccc(C(C)(C)C)cc2)cccc1-c1cc(NC(=O)NCCO)c(=O)n(C)c1. The molecular weight excluding hydrogens is 444 g/mol. The van der Waals surface area contributed by atoms with Gasteiger partial charge in [0, 0.05) is 36.6 Å². The van der Waals surface area contributed by atoms with E-state index < -0.39 is 6.03 Å². The van der Waals surface area contributed by atoms with Crippen LogP contribution >= 0.6 is 0 Å². The summed E-state index contributed by atoms with van der Waals surface area (Å²) in [6, 6.07) is 14.1. The van der Waals surface area contributed by atoms with Crippen LogP contribution in [0.25, 0.3) is 11.1 Å². The van der Waals surface area contributed by atoms with Crippen molar-refractivity contribution in [2.45, 2.75) is 33.1 Å². The third kappa shape index (κ3) is 6.16. The second-order valence-electron chi connectivity index (χ2n) is 9.42. The zero-order valence-corrected chi connectivity index (χ0v) is 20.7. The first-order valence-electron chi connectivity index (χ1n) is 11.4. The predicted octanol–water partition coefficient (Wildman–Crippen LogP) is 4.02. The zero-order chi connectivity index (χ0) is 25.8. The second kappa shape index (κ2) is 10.6. The Bertz CT molecular complexity index is 1290. The van der Waals surface area contributed by atoms with Gasteiger partial charge in [0.1, 0.15) is 5.69 Å². The molecule has 0 aliphatic heterocycles. The van der Waals surface area contributed by atoms with Crippen molar-refractivity contribution in [3.05, 3.63) is 81.8 Å². The number of carbonyl (C=O) groups excluding carboxylic acids is 2. The number of hydrogen-bond acceptors (Lipinski definition) is 4. The van der Waals surface area contributed by atoms with Gasteiger partial charge in [-0.1, -0.05) is 45.0 Å². The number of urea groups is 1. The summed E-state index contributed by atoms with van der Waals surface area (Å²) in [5, 5.41) is 16.8. The van der Waals surface area contributed by atoms with Gasteiger partial charge in [-0.15, -0.1) is 0 Å². The Hall–Kier alpha value is -3.91. The Balaban J connectivity index is 1.88. The minimum atomic E-state index is -0.580. The first-order chi connectivity index (χ1) is 16.5. The van der Waals surface area contributed by atoms with Gasteiger partial charge >= 0.3 is 6.03 Å². The smallest absolute Gasteiger partial charge is 0.319 e. The van der Waals surface area contributed by atoms with Crippen molar-refractivity contribution >= 4 is 23.3 Å². The lowest BCUT2D eigenvalue weighted by Gasteiger charge is -2.19. The molecule has 4 N–H and O–H groups in total. The lowest BCUT2D eigenvalue weighted by molar-refractivity contribution is 0.102. The topological polar surface area (TPSA) is 112 Å². The highest BCUT2D eigenvalue weighted by atomic mass is 16.3. The molecule has 0 saturated carbocycles. The largest absolute Gasteiger partial charge is 0.395 e. The Morgan fingerprint density at radius 3 is 2.31 bits per heavy atom. The maximum absolute atomic E-state index is 12.9. The molecule has 0 aliphatic rings. The van der Waals surface area contributed by atoms with E-state index in [0.717, 1.165) is 16.7 Å². The first kappa shape index (κ1) is 25.7. The van der Waals surface area contributed by atoms with E-state index >= 15 is 0 Å². The molecule has 0 atom stereocenters. The summed E-state index contributed by atoms with van der Waals surface area (Å²) >= 11 is 0. The van der Waals surface area contributed by atoms with Gasteiger partial charge in [0.15, 0.2) is 0 Å². The number of amides is 3. The number of nitrogens with one attached hydrogen (secondary N) is 3. The van der Waals surface area contributed by atoms with E-state index in [-0.39, 0.29) is 35.7 Å². The number of nitrogens with zero attached hydrogens (tertiary/aromatic N) is 1. The molecule has 8 heteroatoms. The highest BCUT2D eigenvalue weighted by molar-refractivity contribution is 6.05. The van der Waals surface area contributed by atoms with E-state index in [2.05, 4.69) is 36.7 Å². The molecule has 3 aromatic rings. The van der Waals surface area contributed by atoms with Crippen LogP contribution in [0.15, 0.2) is 59.5 Å². The van der Waals surface area contributed by atoms with Gasteiger partial charge in [-0.3, -0.25) is 9.59 Å². The van der Waals surface area contributed by atoms with Crippen LogP contribution in [0.3, 0.4) is 0 Å². The minimum Gasteiger partial charge on any atom is -0.395 e. The molecule has 184 valence electrons. The molecule has 3 amide bonds. The molecule has 2 aromatic carbocycles. The quantitative estimate of drug-likeness (QED) is 0.430. The fourth-order valence-corrected chi connectivity index (χ4v) is 3.68. The highest BCUT2D eigenvalue weighted by Crippen LogP contribution is 2.30. The number of aliphatic hydroxyl groups excluding tert-OH is 1. The van der Waals surface area contributed by atoms with Gasteiger partial charge in [0.05, 0.1) is 6.61 Å². The van der Waals surface area contributed by atoms with E-state index in [0.29, 0.717) is 16.8 Å². The molecule has 0 aliphatic carbocycles. The lowest BCUT2D eigenvalue weighted by Crippen LogP contribution is -2.33. The predicted molar refractivity (Wildman–Crippen MR) is 139 cm³/mol. The van der Waals surface area contributed by atoms with Gasteiger partial charge in [-0.25, -0.2) is 4.79 Å². The van der Waals surface area contributed by atoms with Crippen molar-refractivity contribution < 1.29 is 14.7 Å². The van der Waals surface area contributed by atoms with Gasteiger partial charge in [-0.05, 0) is 53.3 Å². The van der Waals surface area contributed by atoms with Crippen LogP contribution < -0.4 is 21.5 Å². The Morgan fingerprint density at radius 2 is 1.69 bits per heavy atom. The van der Waals surface area contributed by atoms with Crippen molar-refractivity contribution in [2.24, 2.45) is 7.05 Å². The lowest BCUT2D eigenvalue weighted by atomic mass is 9.86. The van der Waals surface area contributed by atoms with Crippen molar-refractivity contribution in [1.82, 2.24) is 9.88 Å². The van der Waals surface area contributed by atoms with Crippen LogP contribution in [-0.2, 0) is 12.5 Å². The molecular formula is C27H32N4O4. The van der Waals surface area contributed by atoms with E-state index in [9.17, 15) is 14.4 Å². The molecule has 0 saturated heterocycles. The van der Waals surface area contributed by atoms with Gasteiger partial charge < -0.3 is 25.6 Å². The number of pyridine rings is 1. The van der Waals surface area contributed by atoms with Crippen LogP contribution in [0.2, 0.25) is 0 Å². The monoisotopic (exact) mass is 476 g/mol. The molecule has 8 nitrogen and oxygen atoms in total. The van der Waals surface area contributed by atoms with Crippen LogP contribution in [0.5, 0.6) is 0 Å². The van der Waals surface area contributed by atoms with Crippen LogP contribution in [0, 0.1) is 6.92 Å². The number of aromatic nitrogens is 1. The Morgan fingerprint density at radius 1 is 1.00 bits per heavy atom. The fraction of sp³-hybridized carbons (Fsp3) is 0.296. The van der Waals surface area contributed by atoms with Gasteiger partial charge in [-0.2, -0.15) is 0 Å². The summed E-state index contributed by atoms with van der Waals surface area (Å²) < 4.78 is 1.39. The molecule has 3 rings (SSSR count). The Kier molecular flexibility index (Phi) is 7.76. The molecule has 0 radical (unpaired) electrons. The van der Waals surface area contributed by atoms with Crippen LogP contribution in [0.1, 0.15) is 42.3 Å². The van der Waals surface area contributed by atoms with Crippen LogP contribution in [-0.4, -0.2) is 34.8 Å². The van der Waals surface area contributed by atoms with E-state index in [1.54, 1.807) is 19.3 Å². The normalized spacial score (nSPS) is 11.1. The summed E-state index contributed by atoms with van der Waals surface area (Å²) in [7, 11) is 1.60. The summed E-state index contributed by atoms with van der Waals surface area (Å²) in [4.78, 5) is 37.4. The van der Waals surface area contributed by atoms with Gasteiger partial charge in [0.2, 0.25) is 0 Å². The number of aryl methyl sites for hydroxylation is 1. The molecule has 1 aromatic heterocycles. The maximum Gasteiger partial charge on any atom is 0.319 e. The summed E-state index contributed by atoms with van der Waals surface area (Å²) in [6.07, 6.45) is 1.68. The summed E-state index contributed by atoms with van der Waals surface area (Å²) in [5.74, 6) is -0.214. The molecule has 35 heavy (non-hydrogen) atoms. The molecule has 0 fully saturated rings.